The maximum Gasteiger partial charge on any atom is 0.167 e. The number of nitrogens with zero attached hydrogens (tertiary/aromatic N) is 3. The van der Waals surface area contributed by atoms with Crippen LogP contribution in [-0.2, 0) is 6.42 Å². The van der Waals surface area contributed by atoms with Gasteiger partial charge in [-0.15, -0.1) is 0 Å². The second-order valence-electron chi connectivity index (χ2n) is 6.16. The number of nitrogens with one attached hydrogen (secondary N) is 1. The normalized spacial score (nSPS) is 16.8. The molecule has 0 fully saturated rings. The highest BCUT2D eigenvalue weighted by Gasteiger charge is 2.31. The van der Waals surface area contributed by atoms with Crippen LogP contribution in [0.15, 0.2) is 30.6 Å². The molecule has 25 heavy (non-hydrogen) atoms. The van der Waals surface area contributed by atoms with Gasteiger partial charge in [-0.1, -0.05) is 17.7 Å². The molecule has 4 rings (SSSR count). The van der Waals surface area contributed by atoms with E-state index >= 15 is 0 Å². The van der Waals surface area contributed by atoms with Gasteiger partial charge < -0.3 is 0 Å². The van der Waals surface area contributed by atoms with Crippen LogP contribution < -0.4 is 0 Å². The molecule has 1 unspecified atom stereocenters. The number of hydrogen-bond acceptors (Lipinski definition) is 4. The molecule has 5 nitrogen and oxygen atoms in total. The zero-order chi connectivity index (χ0) is 17.6. The molecule has 0 bridgehead atoms. The summed E-state index contributed by atoms with van der Waals surface area (Å²) < 4.78 is 13.9. The first-order valence-electron chi connectivity index (χ1n) is 7.87. The molecule has 0 spiro atoms. The maximum atomic E-state index is 13.9. The van der Waals surface area contributed by atoms with Gasteiger partial charge in [0.2, 0.25) is 0 Å². The monoisotopic (exact) mass is 356 g/mol. The second kappa shape index (κ2) is 6.04. The van der Waals surface area contributed by atoms with Gasteiger partial charge in [0.25, 0.3) is 0 Å². The molecule has 0 aliphatic heterocycles. The predicted molar refractivity (Wildman–Crippen MR) is 91.2 cm³/mol. The molecule has 1 atom stereocenters. The molecule has 0 saturated heterocycles. The van der Waals surface area contributed by atoms with Crippen molar-refractivity contribution in [2.24, 2.45) is 0 Å². The van der Waals surface area contributed by atoms with Crippen LogP contribution in [0.25, 0.3) is 11.3 Å². The summed E-state index contributed by atoms with van der Waals surface area (Å²) in [5.74, 6) is -0.428. The van der Waals surface area contributed by atoms with Crippen molar-refractivity contribution < 1.29 is 9.18 Å². The number of H-pyrrole nitrogens is 1. The van der Waals surface area contributed by atoms with Crippen LogP contribution in [0.2, 0.25) is 5.15 Å². The van der Waals surface area contributed by atoms with Crippen molar-refractivity contribution in [3.63, 3.8) is 0 Å². The molecule has 1 aromatic carbocycles. The number of aromatic amines is 1. The summed E-state index contributed by atoms with van der Waals surface area (Å²) in [6.45, 7) is 1.84. The summed E-state index contributed by atoms with van der Waals surface area (Å²) in [6, 6.07) is 4.51. The molecule has 7 heteroatoms. The smallest absolute Gasteiger partial charge is 0.167 e. The molecule has 3 aromatic rings. The number of hydrogen-bond donors (Lipinski definition) is 1. The lowest BCUT2D eigenvalue weighted by molar-refractivity contribution is 0.0963. The van der Waals surface area contributed by atoms with Crippen LogP contribution in [-0.4, -0.2) is 25.9 Å². The SMILES string of the molecule is Cc1[nH]nc2c1C(=O)CC(c1ccc(F)cc1-c1cncc(Cl)n1)C2. The van der Waals surface area contributed by atoms with Crippen LogP contribution in [0.3, 0.4) is 0 Å². The van der Waals surface area contributed by atoms with Gasteiger partial charge in [-0.25, -0.2) is 9.37 Å². The van der Waals surface area contributed by atoms with Gasteiger partial charge in [0.15, 0.2) is 5.78 Å². The molecule has 2 heterocycles. The van der Waals surface area contributed by atoms with Crippen molar-refractivity contribution in [1.82, 2.24) is 20.2 Å². The first-order valence-corrected chi connectivity index (χ1v) is 8.25. The fraction of sp³-hybridized carbons (Fsp3) is 0.222. The molecule has 0 saturated carbocycles. The Kier molecular flexibility index (Phi) is 3.84. The van der Waals surface area contributed by atoms with Crippen molar-refractivity contribution in [1.29, 1.82) is 0 Å². The van der Waals surface area contributed by atoms with Gasteiger partial charge in [-0.3, -0.25) is 14.9 Å². The van der Waals surface area contributed by atoms with Gasteiger partial charge in [-0.05, 0) is 37.0 Å². The van der Waals surface area contributed by atoms with E-state index < -0.39 is 0 Å². The van der Waals surface area contributed by atoms with E-state index in [2.05, 4.69) is 20.2 Å². The largest absolute Gasteiger partial charge is 0.294 e. The first-order chi connectivity index (χ1) is 12.0. The highest BCUT2D eigenvalue weighted by atomic mass is 35.5. The number of aromatic nitrogens is 4. The van der Waals surface area contributed by atoms with Crippen molar-refractivity contribution in [2.75, 3.05) is 0 Å². The molecular formula is C18H14ClFN4O. The fourth-order valence-electron chi connectivity index (χ4n) is 3.43. The maximum absolute atomic E-state index is 13.9. The first kappa shape index (κ1) is 15.9. The Balaban J connectivity index is 1.80. The second-order valence-corrected chi connectivity index (χ2v) is 6.54. The van der Waals surface area contributed by atoms with Crippen LogP contribution in [0, 0.1) is 12.7 Å². The van der Waals surface area contributed by atoms with Gasteiger partial charge in [0.1, 0.15) is 11.0 Å². The molecule has 0 radical (unpaired) electrons. The number of benzene rings is 1. The zero-order valence-electron chi connectivity index (χ0n) is 13.4. The third-order valence-electron chi connectivity index (χ3n) is 4.51. The van der Waals surface area contributed by atoms with Crippen molar-refractivity contribution in [3.05, 3.63) is 64.1 Å². The van der Waals surface area contributed by atoms with E-state index in [1.54, 1.807) is 12.3 Å². The lowest BCUT2D eigenvalue weighted by Gasteiger charge is -2.23. The van der Waals surface area contributed by atoms with Crippen LogP contribution in [0.5, 0.6) is 0 Å². The Morgan fingerprint density at radius 3 is 2.92 bits per heavy atom. The quantitative estimate of drug-likeness (QED) is 0.756. The minimum absolute atomic E-state index is 0.0463. The highest BCUT2D eigenvalue weighted by molar-refractivity contribution is 6.29. The van der Waals surface area contributed by atoms with Gasteiger partial charge in [0, 0.05) is 17.7 Å². The highest BCUT2D eigenvalue weighted by Crippen LogP contribution is 2.37. The minimum atomic E-state index is -0.376. The molecule has 2 aromatic heterocycles. The average molecular weight is 357 g/mol. The predicted octanol–water partition coefficient (Wildman–Crippen LogP) is 3.88. The average Bonchev–Trinajstić information content (AvgIpc) is 2.96. The van der Waals surface area contributed by atoms with E-state index in [4.69, 9.17) is 11.6 Å². The Bertz CT molecular complexity index is 985. The lowest BCUT2D eigenvalue weighted by atomic mass is 9.79. The standard InChI is InChI=1S/C18H14ClFN4O/c1-9-18-14(24-23-9)4-10(5-16(18)25)12-3-2-11(20)6-13(12)15-7-21-8-17(19)22-15/h2-3,6-8,10H,4-5H2,1H3,(H,23,24). The lowest BCUT2D eigenvalue weighted by Crippen LogP contribution is -2.19. The minimum Gasteiger partial charge on any atom is -0.294 e. The summed E-state index contributed by atoms with van der Waals surface area (Å²) in [4.78, 5) is 20.8. The van der Waals surface area contributed by atoms with Crippen molar-refractivity contribution in [3.8, 4) is 11.3 Å². The van der Waals surface area contributed by atoms with E-state index in [-0.39, 0.29) is 22.7 Å². The van der Waals surface area contributed by atoms with Crippen molar-refractivity contribution in [2.45, 2.75) is 25.7 Å². The van der Waals surface area contributed by atoms with Gasteiger partial charge in [0.05, 0.1) is 29.3 Å². The van der Waals surface area contributed by atoms with E-state index in [0.29, 0.717) is 29.7 Å². The van der Waals surface area contributed by atoms with Crippen LogP contribution >= 0.6 is 11.6 Å². The number of ketones is 1. The number of fused-ring (bicyclic) bond motifs is 1. The molecule has 1 N–H and O–H groups in total. The van der Waals surface area contributed by atoms with Gasteiger partial charge >= 0.3 is 0 Å². The zero-order valence-corrected chi connectivity index (χ0v) is 14.1. The summed E-state index contributed by atoms with van der Waals surface area (Å²) in [7, 11) is 0. The number of halogens is 2. The number of carbonyl (C=O) groups is 1. The fourth-order valence-corrected chi connectivity index (χ4v) is 3.57. The summed E-state index contributed by atoms with van der Waals surface area (Å²) in [5, 5.41) is 7.36. The number of aryl methyl sites for hydroxylation is 1. The van der Waals surface area contributed by atoms with Crippen LogP contribution in [0.4, 0.5) is 4.39 Å². The summed E-state index contributed by atoms with van der Waals surface area (Å²) in [5.41, 5.74) is 4.16. The van der Waals surface area contributed by atoms with Crippen LogP contribution in [0.1, 0.15) is 39.6 Å². The summed E-state index contributed by atoms with van der Waals surface area (Å²) in [6.07, 6.45) is 3.92. The Morgan fingerprint density at radius 1 is 1.28 bits per heavy atom. The number of rotatable bonds is 2. The van der Waals surface area contributed by atoms with Gasteiger partial charge in [-0.2, -0.15) is 5.10 Å². The Hall–Kier alpha value is -2.60. The third-order valence-corrected chi connectivity index (χ3v) is 4.69. The third kappa shape index (κ3) is 2.82. The topological polar surface area (TPSA) is 71.5 Å². The van der Waals surface area contributed by atoms with Crippen molar-refractivity contribution >= 4 is 17.4 Å². The van der Waals surface area contributed by atoms with E-state index in [1.807, 2.05) is 6.92 Å². The Morgan fingerprint density at radius 2 is 2.12 bits per heavy atom. The number of carbonyl (C=O) groups excluding carboxylic acids is 1. The molecule has 126 valence electrons. The Labute approximate surface area is 148 Å². The van der Waals surface area contributed by atoms with E-state index in [0.717, 1.165) is 17.0 Å². The molecular weight excluding hydrogens is 343 g/mol. The summed E-state index contributed by atoms with van der Waals surface area (Å²) >= 11 is 5.93. The van der Waals surface area contributed by atoms with E-state index in [9.17, 15) is 9.18 Å². The number of Topliss-reactive ketones (excluding diaryl/α,β-unsaturated/α-hetero) is 1. The molecule has 0 amide bonds. The molecule has 1 aliphatic carbocycles. The van der Waals surface area contributed by atoms with E-state index in [1.165, 1.54) is 18.3 Å². The molecule has 1 aliphatic rings.